The highest BCUT2D eigenvalue weighted by atomic mass is 32.2. The van der Waals surface area contributed by atoms with Gasteiger partial charge in [-0.15, -0.1) is 0 Å². The number of nitrogens with one attached hydrogen (secondary N) is 1. The average molecular weight is 341 g/mol. The monoisotopic (exact) mass is 341 g/mol. The van der Waals surface area contributed by atoms with Crippen LogP contribution in [0.4, 0.5) is 5.69 Å². The van der Waals surface area contributed by atoms with Crippen LogP contribution in [-0.4, -0.2) is 51.0 Å². The van der Waals surface area contributed by atoms with Gasteiger partial charge in [-0.3, -0.25) is 4.79 Å². The number of carbonyl (C=O) groups excluding carboxylic acids is 1. The first kappa shape index (κ1) is 17.9. The van der Waals surface area contributed by atoms with Crippen molar-refractivity contribution < 1.29 is 17.9 Å². The lowest BCUT2D eigenvalue weighted by Crippen LogP contribution is -2.40. The largest absolute Gasteiger partial charge is 0.379 e. The quantitative estimate of drug-likeness (QED) is 0.818. The average Bonchev–Trinajstić information content (AvgIpc) is 2.55. The number of carbonyl (C=O) groups is 1. The number of nitrogens with two attached hydrogens (primary N) is 1. The Balaban J connectivity index is 2.17. The topological polar surface area (TPSA) is 102 Å². The summed E-state index contributed by atoms with van der Waals surface area (Å²) in [6.07, 6.45) is 0. The number of anilines is 1. The van der Waals surface area contributed by atoms with Crippen LogP contribution in [0.2, 0.25) is 0 Å². The molecule has 23 heavy (non-hydrogen) atoms. The van der Waals surface area contributed by atoms with Gasteiger partial charge in [-0.05, 0) is 25.1 Å². The fourth-order valence-corrected chi connectivity index (χ4v) is 3.62. The molecule has 3 N–H and O–H groups in total. The van der Waals surface area contributed by atoms with Crippen LogP contribution in [0.3, 0.4) is 0 Å². The summed E-state index contributed by atoms with van der Waals surface area (Å²) in [6, 6.07) is 5.98. The molecular weight excluding hydrogens is 318 g/mol. The van der Waals surface area contributed by atoms with Gasteiger partial charge in [-0.2, -0.15) is 4.31 Å². The Bertz CT molecular complexity index is 654. The van der Waals surface area contributed by atoms with Crippen LogP contribution in [0, 0.1) is 5.92 Å². The molecule has 128 valence electrons. The van der Waals surface area contributed by atoms with E-state index < -0.39 is 10.0 Å². The molecule has 0 spiro atoms. The van der Waals surface area contributed by atoms with Crippen LogP contribution in [-0.2, 0) is 19.6 Å². The van der Waals surface area contributed by atoms with Gasteiger partial charge in [-0.1, -0.05) is 13.0 Å². The van der Waals surface area contributed by atoms with Crippen molar-refractivity contribution in [3.05, 3.63) is 24.3 Å². The molecule has 1 aromatic rings. The van der Waals surface area contributed by atoms with E-state index in [4.69, 9.17) is 10.5 Å². The summed E-state index contributed by atoms with van der Waals surface area (Å²) in [5, 5.41) is 2.71. The standard InChI is InChI=1S/C15H23N3O4S/c1-11(12(2)16)15(19)17-13-4-3-5-14(10-13)23(20,21)18-6-8-22-9-7-18/h3-5,10-12H,6-9,16H2,1-2H3,(H,17,19). The fraction of sp³-hybridized carbons (Fsp3) is 0.533. The van der Waals surface area contributed by atoms with Crippen molar-refractivity contribution in [2.24, 2.45) is 11.7 Å². The summed E-state index contributed by atoms with van der Waals surface area (Å²) in [7, 11) is -3.58. The lowest BCUT2D eigenvalue weighted by Gasteiger charge is -2.26. The van der Waals surface area contributed by atoms with E-state index in [1.165, 1.54) is 16.4 Å². The van der Waals surface area contributed by atoms with Gasteiger partial charge in [0, 0.05) is 24.8 Å². The number of benzene rings is 1. The van der Waals surface area contributed by atoms with Gasteiger partial charge in [0.15, 0.2) is 0 Å². The summed E-state index contributed by atoms with van der Waals surface area (Å²) in [5.74, 6) is -0.601. The van der Waals surface area contributed by atoms with E-state index in [2.05, 4.69) is 5.32 Å². The van der Waals surface area contributed by atoms with Crippen molar-refractivity contribution >= 4 is 21.6 Å². The van der Waals surface area contributed by atoms with E-state index >= 15 is 0 Å². The molecule has 1 saturated heterocycles. The van der Waals surface area contributed by atoms with Crippen molar-refractivity contribution in [1.29, 1.82) is 0 Å². The molecule has 2 atom stereocenters. The highest BCUT2D eigenvalue weighted by Gasteiger charge is 2.26. The molecule has 0 saturated carbocycles. The van der Waals surface area contributed by atoms with Crippen LogP contribution in [0.5, 0.6) is 0 Å². The molecule has 1 amide bonds. The Kier molecular flexibility index (Phi) is 5.74. The third-order valence-corrected chi connectivity index (χ3v) is 5.81. The maximum atomic E-state index is 12.6. The van der Waals surface area contributed by atoms with E-state index in [9.17, 15) is 13.2 Å². The highest BCUT2D eigenvalue weighted by molar-refractivity contribution is 7.89. The van der Waals surface area contributed by atoms with Crippen molar-refractivity contribution in [2.45, 2.75) is 24.8 Å². The third-order valence-electron chi connectivity index (χ3n) is 3.91. The first-order valence-electron chi connectivity index (χ1n) is 7.57. The van der Waals surface area contributed by atoms with Crippen molar-refractivity contribution in [2.75, 3.05) is 31.6 Å². The van der Waals surface area contributed by atoms with E-state index in [0.717, 1.165) is 0 Å². The number of hydrogen-bond acceptors (Lipinski definition) is 5. The molecule has 0 radical (unpaired) electrons. The molecule has 7 nitrogen and oxygen atoms in total. The predicted molar refractivity (Wildman–Crippen MR) is 87.5 cm³/mol. The smallest absolute Gasteiger partial charge is 0.243 e. The number of ether oxygens (including phenoxy) is 1. The summed E-state index contributed by atoms with van der Waals surface area (Å²) in [5.41, 5.74) is 6.15. The van der Waals surface area contributed by atoms with Gasteiger partial charge >= 0.3 is 0 Å². The fourth-order valence-electron chi connectivity index (χ4n) is 2.17. The Labute approximate surface area is 136 Å². The van der Waals surface area contributed by atoms with Crippen LogP contribution in [0.25, 0.3) is 0 Å². The zero-order valence-electron chi connectivity index (χ0n) is 13.4. The molecule has 0 bridgehead atoms. The number of amides is 1. The predicted octanol–water partition coefficient (Wildman–Crippen LogP) is 0.629. The van der Waals surface area contributed by atoms with Crippen LogP contribution in [0.1, 0.15) is 13.8 Å². The molecule has 0 aromatic heterocycles. The molecule has 8 heteroatoms. The molecule has 1 fully saturated rings. The number of rotatable bonds is 5. The first-order chi connectivity index (χ1) is 10.8. The van der Waals surface area contributed by atoms with Gasteiger partial charge in [0.1, 0.15) is 0 Å². The van der Waals surface area contributed by atoms with Gasteiger partial charge in [-0.25, -0.2) is 8.42 Å². The Morgan fingerprint density at radius 1 is 1.30 bits per heavy atom. The van der Waals surface area contributed by atoms with E-state index in [-0.39, 0.29) is 22.8 Å². The summed E-state index contributed by atoms with van der Waals surface area (Å²) in [4.78, 5) is 12.2. The molecule has 2 rings (SSSR count). The summed E-state index contributed by atoms with van der Waals surface area (Å²) in [6.45, 7) is 4.93. The van der Waals surface area contributed by atoms with Crippen LogP contribution >= 0.6 is 0 Å². The summed E-state index contributed by atoms with van der Waals surface area (Å²) >= 11 is 0. The molecule has 1 aliphatic rings. The second-order valence-corrected chi connectivity index (χ2v) is 7.62. The van der Waals surface area contributed by atoms with Gasteiger partial charge in [0.25, 0.3) is 0 Å². The van der Waals surface area contributed by atoms with Crippen LogP contribution < -0.4 is 11.1 Å². The lowest BCUT2D eigenvalue weighted by molar-refractivity contribution is -0.119. The lowest BCUT2D eigenvalue weighted by atomic mass is 10.0. The van der Waals surface area contributed by atoms with Crippen molar-refractivity contribution in [3.8, 4) is 0 Å². The van der Waals surface area contributed by atoms with E-state index in [1.54, 1.807) is 26.0 Å². The molecule has 1 aliphatic heterocycles. The SMILES string of the molecule is CC(N)C(C)C(=O)Nc1cccc(S(=O)(=O)N2CCOCC2)c1. The Morgan fingerprint density at radius 3 is 2.57 bits per heavy atom. The van der Waals surface area contributed by atoms with E-state index in [1.807, 2.05) is 0 Å². The summed E-state index contributed by atoms with van der Waals surface area (Å²) < 4.78 is 31.8. The number of sulfonamides is 1. The van der Waals surface area contributed by atoms with Gasteiger partial charge in [0.2, 0.25) is 15.9 Å². The zero-order valence-corrected chi connectivity index (χ0v) is 14.2. The van der Waals surface area contributed by atoms with E-state index in [0.29, 0.717) is 32.0 Å². The molecule has 1 aromatic carbocycles. The molecule has 2 unspecified atom stereocenters. The second kappa shape index (κ2) is 7.39. The second-order valence-electron chi connectivity index (χ2n) is 5.68. The Hall–Kier alpha value is -1.48. The highest BCUT2D eigenvalue weighted by Crippen LogP contribution is 2.21. The molecular formula is C15H23N3O4S. The van der Waals surface area contributed by atoms with Gasteiger partial charge in [0.05, 0.1) is 24.0 Å². The van der Waals surface area contributed by atoms with Crippen molar-refractivity contribution in [1.82, 2.24) is 4.31 Å². The number of morpholine rings is 1. The molecule has 1 heterocycles. The minimum absolute atomic E-state index is 0.158. The number of hydrogen-bond donors (Lipinski definition) is 2. The minimum atomic E-state index is -3.58. The maximum absolute atomic E-state index is 12.6. The third kappa shape index (κ3) is 4.29. The minimum Gasteiger partial charge on any atom is -0.379 e. The zero-order chi connectivity index (χ0) is 17.0. The Morgan fingerprint density at radius 2 is 1.96 bits per heavy atom. The van der Waals surface area contributed by atoms with Crippen molar-refractivity contribution in [3.63, 3.8) is 0 Å². The normalized spacial score (nSPS) is 19.1. The van der Waals surface area contributed by atoms with Crippen LogP contribution in [0.15, 0.2) is 29.2 Å². The number of nitrogens with zero attached hydrogens (tertiary/aromatic N) is 1. The molecule has 0 aliphatic carbocycles. The maximum Gasteiger partial charge on any atom is 0.243 e. The van der Waals surface area contributed by atoms with Gasteiger partial charge < -0.3 is 15.8 Å². The first-order valence-corrected chi connectivity index (χ1v) is 9.01.